The van der Waals surface area contributed by atoms with E-state index in [-0.39, 0.29) is 10.6 Å². The van der Waals surface area contributed by atoms with Crippen molar-refractivity contribution in [3.05, 3.63) is 62.2 Å². The molecule has 6 heteroatoms. The van der Waals surface area contributed by atoms with Crippen molar-refractivity contribution in [1.82, 2.24) is 14.4 Å². The van der Waals surface area contributed by atoms with Crippen LogP contribution in [-0.2, 0) is 0 Å². The largest absolute Gasteiger partial charge is 0.278 e. The lowest BCUT2D eigenvalue weighted by Crippen LogP contribution is -2.16. The summed E-state index contributed by atoms with van der Waals surface area (Å²) in [5.41, 5.74) is 2.00. The van der Waals surface area contributed by atoms with E-state index in [1.807, 2.05) is 30.5 Å². The third kappa shape index (κ3) is 2.26. The number of nitrogens with zero attached hydrogens (tertiary/aromatic N) is 3. The van der Waals surface area contributed by atoms with Gasteiger partial charge in [0.1, 0.15) is 5.02 Å². The number of aromatic nitrogens is 3. The Morgan fingerprint density at radius 2 is 2.25 bits per heavy atom. The monoisotopic (exact) mass is 303 g/mol. The highest BCUT2D eigenvalue weighted by Crippen LogP contribution is 2.18. The SMILES string of the molecule is Cc1csc2nc(/C=C/c3cccnc3)c(Cl)c(=O)n12. The second-order valence-electron chi connectivity index (χ2n) is 4.23. The highest BCUT2D eigenvalue weighted by molar-refractivity contribution is 7.15. The average Bonchev–Trinajstić information content (AvgIpc) is 2.84. The summed E-state index contributed by atoms with van der Waals surface area (Å²) in [4.78, 5) is 21.3. The van der Waals surface area contributed by atoms with Gasteiger partial charge in [0, 0.05) is 23.5 Å². The molecule has 0 N–H and O–H groups in total. The highest BCUT2D eigenvalue weighted by Gasteiger charge is 2.11. The van der Waals surface area contributed by atoms with Crippen LogP contribution in [0.1, 0.15) is 17.0 Å². The Morgan fingerprint density at radius 1 is 1.40 bits per heavy atom. The molecule has 3 aromatic rings. The summed E-state index contributed by atoms with van der Waals surface area (Å²) in [5.74, 6) is 0. The number of aryl methyl sites for hydroxylation is 1. The third-order valence-corrected chi connectivity index (χ3v) is 4.13. The van der Waals surface area contributed by atoms with Gasteiger partial charge in [-0.05, 0) is 24.6 Å². The minimum absolute atomic E-state index is 0.129. The first-order chi connectivity index (χ1) is 9.66. The molecule has 0 radical (unpaired) electrons. The van der Waals surface area contributed by atoms with E-state index in [0.29, 0.717) is 10.7 Å². The van der Waals surface area contributed by atoms with E-state index in [9.17, 15) is 4.79 Å². The van der Waals surface area contributed by atoms with Gasteiger partial charge in [0.2, 0.25) is 0 Å². The van der Waals surface area contributed by atoms with Crippen molar-refractivity contribution >= 4 is 40.1 Å². The smallest absolute Gasteiger partial charge is 0.267 e. The van der Waals surface area contributed by atoms with Crippen molar-refractivity contribution < 1.29 is 0 Å². The lowest BCUT2D eigenvalue weighted by molar-refractivity contribution is 1.02. The molecule has 3 heterocycles. The van der Waals surface area contributed by atoms with Gasteiger partial charge in [0.15, 0.2) is 4.96 Å². The number of hydrogen-bond acceptors (Lipinski definition) is 4. The number of hydrogen-bond donors (Lipinski definition) is 0. The fourth-order valence-corrected chi connectivity index (χ4v) is 2.89. The van der Waals surface area contributed by atoms with E-state index in [0.717, 1.165) is 11.3 Å². The molecule has 20 heavy (non-hydrogen) atoms. The Labute approximate surface area is 124 Å². The molecular weight excluding hydrogens is 294 g/mol. The lowest BCUT2D eigenvalue weighted by Gasteiger charge is -2.00. The summed E-state index contributed by atoms with van der Waals surface area (Å²) in [6, 6.07) is 3.76. The minimum atomic E-state index is -0.235. The zero-order valence-electron chi connectivity index (χ0n) is 10.6. The Balaban J connectivity index is 2.11. The molecule has 0 atom stereocenters. The maximum Gasteiger partial charge on any atom is 0.278 e. The second-order valence-corrected chi connectivity index (χ2v) is 5.45. The van der Waals surface area contributed by atoms with Gasteiger partial charge in [0.05, 0.1) is 5.69 Å². The molecule has 0 saturated carbocycles. The number of thiazole rings is 1. The summed E-state index contributed by atoms with van der Waals surface area (Å²) < 4.78 is 1.52. The molecule has 0 unspecified atom stereocenters. The van der Waals surface area contributed by atoms with Crippen LogP contribution in [0.5, 0.6) is 0 Å². The van der Waals surface area contributed by atoms with Crippen LogP contribution in [0.15, 0.2) is 34.7 Å². The molecule has 0 fully saturated rings. The van der Waals surface area contributed by atoms with E-state index in [2.05, 4.69) is 9.97 Å². The van der Waals surface area contributed by atoms with Crippen molar-refractivity contribution in [2.45, 2.75) is 6.92 Å². The first-order valence-electron chi connectivity index (χ1n) is 5.91. The fourth-order valence-electron chi connectivity index (χ4n) is 1.84. The molecule has 0 spiro atoms. The normalized spacial score (nSPS) is 11.5. The molecule has 0 aliphatic heterocycles. The summed E-state index contributed by atoms with van der Waals surface area (Å²) in [6.07, 6.45) is 6.99. The maximum absolute atomic E-state index is 12.2. The molecule has 0 aromatic carbocycles. The predicted molar refractivity (Wildman–Crippen MR) is 82.3 cm³/mol. The average molecular weight is 304 g/mol. The molecule has 0 saturated heterocycles. The number of rotatable bonds is 2. The van der Waals surface area contributed by atoms with Crippen LogP contribution < -0.4 is 5.56 Å². The van der Waals surface area contributed by atoms with Crippen LogP contribution in [0.3, 0.4) is 0 Å². The first-order valence-corrected chi connectivity index (χ1v) is 7.17. The molecule has 3 rings (SSSR count). The van der Waals surface area contributed by atoms with E-state index in [4.69, 9.17) is 11.6 Å². The Morgan fingerprint density at radius 3 is 3.00 bits per heavy atom. The van der Waals surface area contributed by atoms with Crippen LogP contribution in [0.25, 0.3) is 17.1 Å². The molecular formula is C14H10ClN3OS. The summed E-state index contributed by atoms with van der Waals surface area (Å²) in [5, 5.41) is 2.01. The molecule has 3 aromatic heterocycles. The molecule has 0 amide bonds. The van der Waals surface area contributed by atoms with E-state index in [1.54, 1.807) is 18.5 Å². The van der Waals surface area contributed by atoms with Crippen LogP contribution in [0.4, 0.5) is 0 Å². The van der Waals surface area contributed by atoms with Crippen LogP contribution in [-0.4, -0.2) is 14.4 Å². The van der Waals surface area contributed by atoms with Gasteiger partial charge in [-0.15, -0.1) is 11.3 Å². The molecule has 4 nitrogen and oxygen atoms in total. The minimum Gasteiger partial charge on any atom is -0.267 e. The number of pyridine rings is 1. The number of halogens is 1. The maximum atomic E-state index is 12.2. The molecule has 100 valence electrons. The van der Waals surface area contributed by atoms with Crippen molar-refractivity contribution in [2.75, 3.05) is 0 Å². The van der Waals surface area contributed by atoms with E-state index < -0.39 is 0 Å². The van der Waals surface area contributed by atoms with Crippen molar-refractivity contribution in [1.29, 1.82) is 0 Å². The van der Waals surface area contributed by atoms with Crippen LogP contribution in [0, 0.1) is 6.92 Å². The summed E-state index contributed by atoms with van der Waals surface area (Å²) in [7, 11) is 0. The van der Waals surface area contributed by atoms with Gasteiger partial charge < -0.3 is 0 Å². The molecule has 0 aliphatic rings. The van der Waals surface area contributed by atoms with Crippen LogP contribution in [0.2, 0.25) is 5.02 Å². The topological polar surface area (TPSA) is 47.3 Å². The van der Waals surface area contributed by atoms with Gasteiger partial charge in [-0.1, -0.05) is 23.7 Å². The lowest BCUT2D eigenvalue weighted by atomic mass is 10.2. The van der Waals surface area contributed by atoms with Gasteiger partial charge in [-0.2, -0.15) is 0 Å². The van der Waals surface area contributed by atoms with Crippen molar-refractivity contribution in [3.63, 3.8) is 0 Å². The summed E-state index contributed by atoms with van der Waals surface area (Å²) in [6.45, 7) is 1.86. The number of fused-ring (bicyclic) bond motifs is 1. The van der Waals surface area contributed by atoms with E-state index in [1.165, 1.54) is 15.7 Å². The van der Waals surface area contributed by atoms with Crippen LogP contribution >= 0.6 is 22.9 Å². The van der Waals surface area contributed by atoms with Gasteiger partial charge in [-0.3, -0.25) is 14.2 Å². The Kier molecular flexibility index (Phi) is 3.38. The first kappa shape index (κ1) is 13.0. The van der Waals surface area contributed by atoms with Gasteiger partial charge in [0.25, 0.3) is 5.56 Å². The predicted octanol–water partition coefficient (Wildman–Crippen LogP) is 3.28. The summed E-state index contributed by atoms with van der Waals surface area (Å²) >= 11 is 7.53. The Bertz CT molecular complexity index is 852. The third-order valence-electron chi connectivity index (χ3n) is 2.83. The fraction of sp³-hybridized carbons (Fsp3) is 0.0714. The zero-order valence-corrected chi connectivity index (χ0v) is 12.1. The van der Waals surface area contributed by atoms with E-state index >= 15 is 0 Å². The molecule has 0 aliphatic carbocycles. The van der Waals surface area contributed by atoms with Gasteiger partial charge >= 0.3 is 0 Å². The highest BCUT2D eigenvalue weighted by atomic mass is 35.5. The van der Waals surface area contributed by atoms with Crippen molar-refractivity contribution in [3.8, 4) is 0 Å². The Hall–Kier alpha value is -1.98. The van der Waals surface area contributed by atoms with Gasteiger partial charge in [-0.25, -0.2) is 4.98 Å². The quantitative estimate of drug-likeness (QED) is 0.730. The second kappa shape index (κ2) is 5.19. The molecule has 0 bridgehead atoms. The zero-order chi connectivity index (χ0) is 14.1. The standard InChI is InChI=1S/C14H10ClN3OS/c1-9-8-20-14-17-11(12(15)13(19)18(9)14)5-4-10-3-2-6-16-7-10/h2-8H,1H3/b5-4+. The van der Waals surface area contributed by atoms with Crippen molar-refractivity contribution in [2.24, 2.45) is 0 Å².